The van der Waals surface area contributed by atoms with Crippen LogP contribution in [0.15, 0.2) is 0 Å². The van der Waals surface area contributed by atoms with Crippen LogP contribution in [0.3, 0.4) is 0 Å². The van der Waals surface area contributed by atoms with Crippen molar-refractivity contribution in [2.75, 3.05) is 67.1 Å². The van der Waals surface area contributed by atoms with Gasteiger partial charge in [0.2, 0.25) is 0 Å². The summed E-state index contributed by atoms with van der Waals surface area (Å²) < 4.78 is 25.3. The summed E-state index contributed by atoms with van der Waals surface area (Å²) >= 11 is 0. The first-order chi connectivity index (χ1) is 7.41. The standard InChI is InChI=1S/C10H22O5.Na/c1-11-3-5-13-7-9-15-10-8-14-6-4-12-2;/h3-10H2,1-2H3;. The minimum atomic E-state index is 0. The molecule has 0 bridgehead atoms. The Bertz CT molecular complexity index is 103. The van der Waals surface area contributed by atoms with Gasteiger partial charge >= 0.3 is 0 Å². The van der Waals surface area contributed by atoms with Crippen LogP contribution in [-0.4, -0.2) is 96.6 Å². The van der Waals surface area contributed by atoms with Crippen molar-refractivity contribution < 1.29 is 23.7 Å². The Labute approximate surface area is 120 Å². The molecule has 0 saturated carbocycles. The van der Waals surface area contributed by atoms with E-state index in [0.29, 0.717) is 52.9 Å². The van der Waals surface area contributed by atoms with E-state index >= 15 is 0 Å². The maximum atomic E-state index is 5.26. The molecule has 0 aromatic heterocycles. The smallest absolute Gasteiger partial charge is 0.0701 e. The molecular weight excluding hydrogens is 223 g/mol. The normalized spacial score (nSPS) is 10.1. The van der Waals surface area contributed by atoms with Gasteiger partial charge in [0.1, 0.15) is 0 Å². The minimum absolute atomic E-state index is 0. The predicted molar refractivity (Wildman–Crippen MR) is 62.0 cm³/mol. The fraction of sp³-hybridized carbons (Fsp3) is 1.00. The summed E-state index contributed by atoms with van der Waals surface area (Å²) in [6.07, 6.45) is 0. The Morgan fingerprint density at radius 3 is 1.00 bits per heavy atom. The summed E-state index contributed by atoms with van der Waals surface area (Å²) in [5, 5.41) is 0. The van der Waals surface area contributed by atoms with Crippen LogP contribution in [0.5, 0.6) is 0 Å². The molecular formula is C10H22NaO5. The van der Waals surface area contributed by atoms with Crippen LogP contribution in [0.1, 0.15) is 0 Å². The van der Waals surface area contributed by atoms with Crippen LogP contribution in [0.25, 0.3) is 0 Å². The third-order valence-electron chi connectivity index (χ3n) is 1.61. The summed E-state index contributed by atoms with van der Waals surface area (Å²) in [5.41, 5.74) is 0. The van der Waals surface area contributed by atoms with E-state index in [1.807, 2.05) is 0 Å². The van der Waals surface area contributed by atoms with Crippen LogP contribution < -0.4 is 0 Å². The molecule has 0 aliphatic heterocycles. The Kier molecular flexibility index (Phi) is 21.7. The molecule has 0 rings (SSSR count). The van der Waals surface area contributed by atoms with Gasteiger partial charge in [-0.1, -0.05) is 0 Å². The van der Waals surface area contributed by atoms with Crippen molar-refractivity contribution in [3.8, 4) is 0 Å². The molecule has 0 amide bonds. The van der Waals surface area contributed by atoms with E-state index in [2.05, 4.69) is 0 Å². The quantitative estimate of drug-likeness (QED) is 0.356. The largest absolute Gasteiger partial charge is 0.382 e. The van der Waals surface area contributed by atoms with Gasteiger partial charge in [-0.05, 0) is 0 Å². The first kappa shape index (κ1) is 19.1. The molecule has 6 heteroatoms. The summed E-state index contributed by atoms with van der Waals surface area (Å²) in [6, 6.07) is 0. The first-order valence-corrected chi connectivity index (χ1v) is 5.13. The number of rotatable bonds is 12. The molecule has 5 nitrogen and oxygen atoms in total. The molecule has 16 heavy (non-hydrogen) atoms. The number of methoxy groups -OCH3 is 2. The van der Waals surface area contributed by atoms with Crippen molar-refractivity contribution in [2.45, 2.75) is 0 Å². The summed E-state index contributed by atoms with van der Waals surface area (Å²) in [6.45, 7) is 4.87. The van der Waals surface area contributed by atoms with E-state index < -0.39 is 0 Å². The third kappa shape index (κ3) is 17.2. The second-order valence-corrected chi connectivity index (χ2v) is 2.82. The zero-order valence-electron chi connectivity index (χ0n) is 10.7. The Morgan fingerprint density at radius 2 is 0.750 bits per heavy atom. The van der Waals surface area contributed by atoms with Crippen molar-refractivity contribution in [3.05, 3.63) is 0 Å². The van der Waals surface area contributed by atoms with Gasteiger partial charge in [0.05, 0.1) is 52.9 Å². The van der Waals surface area contributed by atoms with Gasteiger partial charge in [0, 0.05) is 43.8 Å². The molecule has 1 radical (unpaired) electrons. The maximum absolute atomic E-state index is 5.26. The van der Waals surface area contributed by atoms with Gasteiger partial charge in [0.15, 0.2) is 0 Å². The average molecular weight is 245 g/mol. The number of ether oxygens (including phenoxy) is 5. The van der Waals surface area contributed by atoms with Crippen molar-refractivity contribution >= 4 is 29.6 Å². The molecule has 0 aliphatic rings. The molecule has 0 N–H and O–H groups in total. The van der Waals surface area contributed by atoms with Gasteiger partial charge < -0.3 is 23.7 Å². The van der Waals surface area contributed by atoms with Crippen LogP contribution in [0.2, 0.25) is 0 Å². The SMILES string of the molecule is COCCOCCOCCOCCOC.[Na]. The Hall–Kier alpha value is 0.800. The fourth-order valence-electron chi connectivity index (χ4n) is 0.826. The molecule has 0 aromatic carbocycles. The van der Waals surface area contributed by atoms with Gasteiger partial charge in [-0.2, -0.15) is 0 Å². The minimum Gasteiger partial charge on any atom is -0.382 e. The Balaban J connectivity index is 0. The third-order valence-corrected chi connectivity index (χ3v) is 1.61. The summed E-state index contributed by atoms with van der Waals surface area (Å²) in [5.74, 6) is 0. The molecule has 0 saturated heterocycles. The monoisotopic (exact) mass is 245 g/mol. The van der Waals surface area contributed by atoms with Crippen LogP contribution >= 0.6 is 0 Å². The first-order valence-electron chi connectivity index (χ1n) is 5.13. The zero-order valence-corrected chi connectivity index (χ0v) is 12.7. The maximum Gasteiger partial charge on any atom is 0.0701 e. The van der Waals surface area contributed by atoms with E-state index in [9.17, 15) is 0 Å². The molecule has 0 spiro atoms. The van der Waals surface area contributed by atoms with Crippen LogP contribution in [0, 0.1) is 0 Å². The predicted octanol–water partition coefficient (Wildman–Crippen LogP) is -0.0518. The van der Waals surface area contributed by atoms with E-state index in [1.54, 1.807) is 14.2 Å². The Morgan fingerprint density at radius 1 is 0.500 bits per heavy atom. The summed E-state index contributed by atoms with van der Waals surface area (Å²) in [7, 11) is 3.30. The van der Waals surface area contributed by atoms with E-state index in [4.69, 9.17) is 23.7 Å². The van der Waals surface area contributed by atoms with Gasteiger partial charge in [-0.3, -0.25) is 0 Å². The second kappa shape index (κ2) is 18.2. The molecule has 0 atom stereocenters. The molecule has 93 valence electrons. The molecule has 0 unspecified atom stereocenters. The van der Waals surface area contributed by atoms with Crippen molar-refractivity contribution in [2.24, 2.45) is 0 Å². The molecule has 0 heterocycles. The number of hydrogen-bond donors (Lipinski definition) is 0. The van der Waals surface area contributed by atoms with Gasteiger partial charge in [0.25, 0.3) is 0 Å². The summed E-state index contributed by atoms with van der Waals surface area (Å²) in [4.78, 5) is 0. The molecule has 0 aliphatic carbocycles. The van der Waals surface area contributed by atoms with Crippen LogP contribution in [0.4, 0.5) is 0 Å². The zero-order chi connectivity index (χ0) is 11.2. The van der Waals surface area contributed by atoms with Crippen molar-refractivity contribution in [1.29, 1.82) is 0 Å². The van der Waals surface area contributed by atoms with Crippen LogP contribution in [-0.2, 0) is 23.7 Å². The van der Waals surface area contributed by atoms with Gasteiger partial charge in [-0.15, -0.1) is 0 Å². The topological polar surface area (TPSA) is 46.2 Å². The fourth-order valence-corrected chi connectivity index (χ4v) is 0.826. The molecule has 0 fully saturated rings. The van der Waals surface area contributed by atoms with E-state index in [-0.39, 0.29) is 29.6 Å². The van der Waals surface area contributed by atoms with E-state index in [1.165, 1.54) is 0 Å². The second-order valence-electron chi connectivity index (χ2n) is 2.82. The van der Waals surface area contributed by atoms with Crippen molar-refractivity contribution in [3.63, 3.8) is 0 Å². The van der Waals surface area contributed by atoms with E-state index in [0.717, 1.165) is 0 Å². The number of hydrogen-bond acceptors (Lipinski definition) is 5. The van der Waals surface area contributed by atoms with Gasteiger partial charge in [-0.25, -0.2) is 0 Å². The van der Waals surface area contributed by atoms with Crippen molar-refractivity contribution in [1.82, 2.24) is 0 Å². The average Bonchev–Trinajstić information content (AvgIpc) is 2.26. The molecule has 0 aromatic rings.